The van der Waals surface area contributed by atoms with E-state index in [1.807, 2.05) is 26.0 Å². The minimum absolute atomic E-state index is 0.233. The third-order valence-electron chi connectivity index (χ3n) is 1.54. The van der Waals surface area contributed by atoms with Gasteiger partial charge in [-0.15, -0.1) is 23.4 Å². The van der Waals surface area contributed by atoms with E-state index in [0.29, 0.717) is 5.88 Å². The summed E-state index contributed by atoms with van der Waals surface area (Å²) in [6, 6.07) is 8.12. The van der Waals surface area contributed by atoms with Gasteiger partial charge in [-0.1, -0.05) is 0 Å². The second-order valence-corrected chi connectivity index (χ2v) is 4.72. The van der Waals surface area contributed by atoms with Gasteiger partial charge in [-0.3, -0.25) is 0 Å². The van der Waals surface area contributed by atoms with E-state index >= 15 is 0 Å². The van der Waals surface area contributed by atoms with Crippen LogP contribution in [0.15, 0.2) is 29.2 Å². The normalized spacial score (nSPS) is 10.6. The minimum Gasteiger partial charge on any atom is -0.491 e. The van der Waals surface area contributed by atoms with Gasteiger partial charge in [-0.2, -0.15) is 0 Å². The van der Waals surface area contributed by atoms with Crippen LogP contribution in [0.1, 0.15) is 13.8 Å². The number of benzene rings is 1. The highest BCUT2D eigenvalue weighted by Crippen LogP contribution is 2.21. The summed E-state index contributed by atoms with van der Waals surface area (Å²) < 4.78 is 5.54. The van der Waals surface area contributed by atoms with Gasteiger partial charge < -0.3 is 4.74 Å². The number of hydrogen-bond donors (Lipinski definition) is 0. The molecule has 0 radical (unpaired) electrons. The van der Waals surface area contributed by atoms with E-state index in [-0.39, 0.29) is 6.10 Å². The highest BCUT2D eigenvalue weighted by atomic mass is 35.5. The van der Waals surface area contributed by atoms with Crippen LogP contribution in [0.25, 0.3) is 0 Å². The van der Waals surface area contributed by atoms with Crippen LogP contribution >= 0.6 is 23.4 Å². The Morgan fingerprint density at radius 3 is 2.43 bits per heavy atom. The molecule has 0 unspecified atom stereocenters. The standard InChI is InChI=1S/C11H15ClOS/c1-9(2)13-10-3-5-11(6-4-10)14-8-7-12/h3-6,9H,7-8H2,1-2H3. The molecular formula is C11H15ClOS. The molecule has 14 heavy (non-hydrogen) atoms. The predicted molar refractivity (Wildman–Crippen MR) is 63.7 cm³/mol. The first-order chi connectivity index (χ1) is 6.72. The van der Waals surface area contributed by atoms with Crippen molar-refractivity contribution in [2.24, 2.45) is 0 Å². The Balaban J connectivity index is 2.50. The zero-order valence-electron chi connectivity index (χ0n) is 8.50. The van der Waals surface area contributed by atoms with Crippen LogP contribution in [-0.4, -0.2) is 17.7 Å². The van der Waals surface area contributed by atoms with Crippen LogP contribution in [0.2, 0.25) is 0 Å². The van der Waals surface area contributed by atoms with Crippen molar-refractivity contribution in [3.05, 3.63) is 24.3 Å². The Hall–Kier alpha value is -0.340. The van der Waals surface area contributed by atoms with Crippen LogP contribution in [0.3, 0.4) is 0 Å². The molecule has 0 bridgehead atoms. The molecule has 0 aliphatic carbocycles. The molecule has 0 heterocycles. The van der Waals surface area contributed by atoms with Crippen molar-refractivity contribution in [2.45, 2.75) is 24.8 Å². The topological polar surface area (TPSA) is 9.23 Å². The third kappa shape index (κ3) is 4.25. The lowest BCUT2D eigenvalue weighted by molar-refractivity contribution is 0.242. The molecule has 0 aliphatic rings. The Morgan fingerprint density at radius 2 is 1.93 bits per heavy atom. The molecule has 0 atom stereocenters. The number of hydrogen-bond acceptors (Lipinski definition) is 2. The minimum atomic E-state index is 0.233. The molecule has 3 heteroatoms. The predicted octanol–water partition coefficient (Wildman–Crippen LogP) is 3.80. The number of ether oxygens (including phenoxy) is 1. The summed E-state index contributed by atoms with van der Waals surface area (Å²) in [5, 5.41) is 0. The van der Waals surface area contributed by atoms with Crippen LogP contribution in [0.4, 0.5) is 0 Å². The Bertz CT molecular complexity index is 258. The van der Waals surface area contributed by atoms with Crippen molar-refractivity contribution in [3.63, 3.8) is 0 Å². The number of alkyl halides is 1. The molecule has 1 aromatic rings. The van der Waals surface area contributed by atoms with Gasteiger partial charge in [0.25, 0.3) is 0 Å². The average Bonchev–Trinajstić information content (AvgIpc) is 2.16. The van der Waals surface area contributed by atoms with Crippen molar-refractivity contribution in [2.75, 3.05) is 11.6 Å². The first kappa shape index (κ1) is 11.7. The van der Waals surface area contributed by atoms with Gasteiger partial charge in [0.05, 0.1) is 6.10 Å². The maximum absolute atomic E-state index is 5.61. The molecule has 0 N–H and O–H groups in total. The van der Waals surface area contributed by atoms with Gasteiger partial charge in [0, 0.05) is 16.5 Å². The lowest BCUT2D eigenvalue weighted by Gasteiger charge is -2.09. The van der Waals surface area contributed by atoms with E-state index in [0.717, 1.165) is 11.5 Å². The van der Waals surface area contributed by atoms with E-state index in [9.17, 15) is 0 Å². The highest BCUT2D eigenvalue weighted by molar-refractivity contribution is 7.99. The maximum Gasteiger partial charge on any atom is 0.119 e. The fourth-order valence-electron chi connectivity index (χ4n) is 1.04. The number of rotatable bonds is 5. The Labute approximate surface area is 94.8 Å². The van der Waals surface area contributed by atoms with Gasteiger partial charge in [0.1, 0.15) is 5.75 Å². The molecule has 0 amide bonds. The average molecular weight is 231 g/mol. The molecular weight excluding hydrogens is 216 g/mol. The molecule has 0 aliphatic heterocycles. The fraction of sp³-hybridized carbons (Fsp3) is 0.455. The number of thioether (sulfide) groups is 1. The van der Waals surface area contributed by atoms with Crippen molar-refractivity contribution >= 4 is 23.4 Å². The lowest BCUT2D eigenvalue weighted by atomic mass is 10.3. The Kier molecular flexibility index (Phi) is 5.20. The second kappa shape index (κ2) is 6.20. The summed E-state index contributed by atoms with van der Waals surface area (Å²) >= 11 is 7.37. The van der Waals surface area contributed by atoms with Gasteiger partial charge >= 0.3 is 0 Å². The molecule has 1 nitrogen and oxygen atoms in total. The molecule has 1 rings (SSSR count). The molecule has 0 saturated carbocycles. The van der Waals surface area contributed by atoms with Crippen molar-refractivity contribution in [1.29, 1.82) is 0 Å². The zero-order valence-corrected chi connectivity index (χ0v) is 10.1. The molecule has 0 saturated heterocycles. The number of halogens is 1. The van der Waals surface area contributed by atoms with Crippen LogP contribution in [-0.2, 0) is 0 Å². The van der Waals surface area contributed by atoms with Crippen molar-refractivity contribution in [1.82, 2.24) is 0 Å². The zero-order chi connectivity index (χ0) is 10.4. The molecule has 78 valence electrons. The summed E-state index contributed by atoms with van der Waals surface area (Å²) in [5.41, 5.74) is 0. The van der Waals surface area contributed by atoms with E-state index in [2.05, 4.69) is 12.1 Å². The monoisotopic (exact) mass is 230 g/mol. The largest absolute Gasteiger partial charge is 0.491 e. The van der Waals surface area contributed by atoms with Gasteiger partial charge in [0.2, 0.25) is 0 Å². The second-order valence-electron chi connectivity index (χ2n) is 3.18. The first-order valence-corrected chi connectivity index (χ1v) is 6.20. The Morgan fingerprint density at radius 1 is 1.29 bits per heavy atom. The van der Waals surface area contributed by atoms with Crippen LogP contribution in [0, 0.1) is 0 Å². The first-order valence-electron chi connectivity index (χ1n) is 4.68. The SMILES string of the molecule is CC(C)Oc1ccc(SCCCl)cc1. The highest BCUT2D eigenvalue weighted by Gasteiger charge is 1.97. The van der Waals surface area contributed by atoms with Gasteiger partial charge in [-0.25, -0.2) is 0 Å². The summed E-state index contributed by atoms with van der Waals surface area (Å²) in [6.45, 7) is 4.05. The van der Waals surface area contributed by atoms with E-state index in [4.69, 9.17) is 16.3 Å². The van der Waals surface area contributed by atoms with E-state index in [1.165, 1.54) is 4.90 Å². The fourth-order valence-corrected chi connectivity index (χ4v) is 1.92. The van der Waals surface area contributed by atoms with E-state index < -0.39 is 0 Å². The molecule has 0 spiro atoms. The van der Waals surface area contributed by atoms with Crippen LogP contribution in [0.5, 0.6) is 5.75 Å². The summed E-state index contributed by atoms with van der Waals surface area (Å²) in [5.74, 6) is 2.57. The van der Waals surface area contributed by atoms with Gasteiger partial charge in [0.15, 0.2) is 0 Å². The van der Waals surface area contributed by atoms with Crippen LogP contribution < -0.4 is 4.74 Å². The van der Waals surface area contributed by atoms with Gasteiger partial charge in [-0.05, 0) is 38.1 Å². The summed E-state index contributed by atoms with van der Waals surface area (Å²) in [6.07, 6.45) is 0.233. The quantitative estimate of drug-likeness (QED) is 0.562. The van der Waals surface area contributed by atoms with Crippen molar-refractivity contribution in [3.8, 4) is 5.75 Å². The molecule has 0 aromatic heterocycles. The molecule has 1 aromatic carbocycles. The summed E-state index contributed by atoms with van der Waals surface area (Å²) in [7, 11) is 0. The summed E-state index contributed by atoms with van der Waals surface area (Å²) in [4.78, 5) is 1.24. The third-order valence-corrected chi connectivity index (χ3v) is 2.97. The lowest BCUT2D eigenvalue weighted by Crippen LogP contribution is -2.05. The maximum atomic E-state index is 5.61. The van der Waals surface area contributed by atoms with Crippen molar-refractivity contribution < 1.29 is 4.74 Å². The smallest absolute Gasteiger partial charge is 0.119 e. The molecule has 0 fully saturated rings. The van der Waals surface area contributed by atoms with E-state index in [1.54, 1.807) is 11.8 Å².